The van der Waals surface area contributed by atoms with Gasteiger partial charge in [0, 0.05) is 36.4 Å². The van der Waals surface area contributed by atoms with Crippen LogP contribution in [-0.2, 0) is 11.3 Å². The smallest absolute Gasteiger partial charge is 0.257 e. The van der Waals surface area contributed by atoms with Crippen LogP contribution in [0.25, 0.3) is 0 Å². The molecule has 0 unspecified atom stereocenters. The van der Waals surface area contributed by atoms with Crippen molar-refractivity contribution in [3.8, 4) is 5.75 Å². The molecule has 2 amide bonds. The Morgan fingerprint density at radius 1 is 1.40 bits per heavy atom. The number of halogens is 1. The minimum Gasteiger partial charge on any atom is -0.507 e. The van der Waals surface area contributed by atoms with E-state index in [1.165, 1.54) is 12.1 Å². The summed E-state index contributed by atoms with van der Waals surface area (Å²) in [4.78, 5) is 30.0. The number of phenolic OH excluding ortho intramolecular Hbond substituents is 1. The third-order valence-corrected chi connectivity index (χ3v) is 4.57. The molecule has 0 radical (unpaired) electrons. The van der Waals surface area contributed by atoms with Gasteiger partial charge in [0.1, 0.15) is 18.1 Å². The fraction of sp³-hybridized carbons (Fsp3) is 0.353. The van der Waals surface area contributed by atoms with Crippen molar-refractivity contribution >= 4 is 23.4 Å². The molecule has 25 heavy (non-hydrogen) atoms. The zero-order valence-electron chi connectivity index (χ0n) is 13.6. The number of piperidine rings is 1. The lowest BCUT2D eigenvalue weighted by Crippen LogP contribution is -2.40. The van der Waals surface area contributed by atoms with Gasteiger partial charge >= 0.3 is 0 Å². The summed E-state index contributed by atoms with van der Waals surface area (Å²) in [5.41, 5.74) is 5.50. The lowest BCUT2D eigenvalue weighted by atomic mass is 9.96. The molecule has 7 nitrogen and oxygen atoms in total. The van der Waals surface area contributed by atoms with E-state index in [1.54, 1.807) is 27.9 Å². The average Bonchev–Trinajstić information content (AvgIpc) is 3.02. The maximum absolute atomic E-state index is 12.7. The summed E-state index contributed by atoms with van der Waals surface area (Å²) in [6, 6.07) is 4.46. The molecule has 0 saturated carbocycles. The van der Waals surface area contributed by atoms with Gasteiger partial charge in [-0.1, -0.05) is 11.6 Å². The first-order valence-corrected chi connectivity index (χ1v) is 8.40. The van der Waals surface area contributed by atoms with Crippen molar-refractivity contribution < 1.29 is 14.7 Å². The van der Waals surface area contributed by atoms with Crippen molar-refractivity contribution in [2.45, 2.75) is 25.3 Å². The number of hydrogen-bond donors (Lipinski definition) is 2. The van der Waals surface area contributed by atoms with Crippen molar-refractivity contribution in [1.82, 2.24) is 14.5 Å². The molecule has 1 aliphatic heterocycles. The fourth-order valence-corrected chi connectivity index (χ4v) is 3.38. The van der Waals surface area contributed by atoms with E-state index in [2.05, 4.69) is 4.98 Å². The number of benzene rings is 1. The van der Waals surface area contributed by atoms with Gasteiger partial charge < -0.3 is 20.3 Å². The van der Waals surface area contributed by atoms with E-state index >= 15 is 0 Å². The van der Waals surface area contributed by atoms with Crippen LogP contribution in [0.15, 0.2) is 30.6 Å². The molecular formula is C17H19ClN4O3. The van der Waals surface area contributed by atoms with Crippen molar-refractivity contribution in [2.24, 2.45) is 5.73 Å². The highest BCUT2D eigenvalue weighted by Gasteiger charge is 2.29. The van der Waals surface area contributed by atoms with Gasteiger partial charge in [-0.3, -0.25) is 9.59 Å². The Hall–Kier alpha value is -2.54. The fourth-order valence-electron chi connectivity index (χ4n) is 3.21. The summed E-state index contributed by atoms with van der Waals surface area (Å²) in [6.07, 6.45) is 5.02. The molecule has 2 aromatic rings. The number of rotatable bonds is 4. The molecular weight excluding hydrogens is 344 g/mol. The molecule has 1 aliphatic rings. The van der Waals surface area contributed by atoms with E-state index in [-0.39, 0.29) is 29.7 Å². The van der Waals surface area contributed by atoms with Crippen LogP contribution in [0.4, 0.5) is 0 Å². The van der Waals surface area contributed by atoms with Crippen molar-refractivity contribution in [3.05, 3.63) is 47.0 Å². The molecule has 1 saturated heterocycles. The van der Waals surface area contributed by atoms with Gasteiger partial charge in [0.2, 0.25) is 5.91 Å². The lowest BCUT2D eigenvalue weighted by Gasteiger charge is -2.32. The third kappa shape index (κ3) is 3.76. The van der Waals surface area contributed by atoms with E-state index in [0.717, 1.165) is 18.7 Å². The highest BCUT2D eigenvalue weighted by molar-refractivity contribution is 6.30. The number of likely N-dealkylation sites (tertiary alicyclic amines) is 1. The van der Waals surface area contributed by atoms with Gasteiger partial charge in [-0.25, -0.2) is 4.98 Å². The van der Waals surface area contributed by atoms with Crippen LogP contribution in [0.5, 0.6) is 5.75 Å². The number of carbonyl (C=O) groups excluding carboxylic acids is 2. The zero-order valence-corrected chi connectivity index (χ0v) is 14.3. The van der Waals surface area contributed by atoms with Crippen LogP contribution in [0.2, 0.25) is 5.02 Å². The first kappa shape index (κ1) is 17.3. The second kappa shape index (κ2) is 7.14. The number of carbonyl (C=O) groups is 2. The van der Waals surface area contributed by atoms with Gasteiger partial charge in [0.25, 0.3) is 5.91 Å². The van der Waals surface area contributed by atoms with Crippen LogP contribution in [-0.4, -0.2) is 44.5 Å². The first-order chi connectivity index (χ1) is 12.0. The number of imidazole rings is 1. The number of phenols is 1. The number of nitrogens with zero attached hydrogens (tertiary/aromatic N) is 3. The van der Waals surface area contributed by atoms with E-state index in [9.17, 15) is 14.7 Å². The highest BCUT2D eigenvalue weighted by atomic mass is 35.5. The summed E-state index contributed by atoms with van der Waals surface area (Å²) in [5.74, 6) is -0.0473. The zero-order chi connectivity index (χ0) is 18.0. The Labute approximate surface area is 150 Å². The Bertz CT molecular complexity index is 805. The Morgan fingerprint density at radius 3 is 2.92 bits per heavy atom. The van der Waals surface area contributed by atoms with Crippen LogP contribution >= 0.6 is 11.6 Å². The molecule has 0 spiro atoms. The predicted octanol–water partition coefficient (Wildman–Crippen LogP) is 1.75. The molecule has 1 fully saturated rings. The molecule has 132 valence electrons. The van der Waals surface area contributed by atoms with Crippen LogP contribution in [0.1, 0.15) is 34.9 Å². The normalized spacial score (nSPS) is 17.5. The summed E-state index contributed by atoms with van der Waals surface area (Å²) < 4.78 is 1.72. The van der Waals surface area contributed by atoms with Gasteiger partial charge in [0.05, 0.1) is 5.56 Å². The third-order valence-electron chi connectivity index (χ3n) is 4.34. The van der Waals surface area contributed by atoms with Crippen molar-refractivity contribution in [1.29, 1.82) is 0 Å². The van der Waals surface area contributed by atoms with Crippen LogP contribution in [0, 0.1) is 0 Å². The number of hydrogen-bond acceptors (Lipinski definition) is 4. The molecule has 1 atom stereocenters. The summed E-state index contributed by atoms with van der Waals surface area (Å²) in [6.45, 7) is 1.14. The second-order valence-electron chi connectivity index (χ2n) is 6.13. The molecule has 8 heteroatoms. The maximum Gasteiger partial charge on any atom is 0.257 e. The van der Waals surface area contributed by atoms with Gasteiger partial charge in [-0.15, -0.1) is 0 Å². The average molecular weight is 363 g/mol. The van der Waals surface area contributed by atoms with Crippen molar-refractivity contribution in [3.63, 3.8) is 0 Å². The van der Waals surface area contributed by atoms with E-state index in [0.29, 0.717) is 18.1 Å². The maximum atomic E-state index is 12.7. The monoisotopic (exact) mass is 362 g/mol. The SMILES string of the molecule is NC(=O)Cn1ccnc1[C@H]1CCCN(C(=O)c2ccc(Cl)cc2O)C1. The van der Waals surface area contributed by atoms with E-state index in [4.69, 9.17) is 17.3 Å². The molecule has 1 aromatic heterocycles. The van der Waals surface area contributed by atoms with Gasteiger partial charge in [-0.2, -0.15) is 0 Å². The standard InChI is InChI=1S/C17H19ClN4O3/c18-12-3-4-13(14(23)8-12)17(25)22-6-1-2-11(9-22)16-20-5-7-21(16)10-15(19)24/h3-5,7-8,11,23H,1-2,6,9-10H2,(H2,19,24)/t11-/m0/s1. The summed E-state index contributed by atoms with van der Waals surface area (Å²) in [5, 5.41) is 10.4. The number of primary amides is 1. The molecule has 3 rings (SSSR count). The molecule has 0 bridgehead atoms. The highest BCUT2D eigenvalue weighted by Crippen LogP contribution is 2.29. The molecule has 0 aliphatic carbocycles. The van der Waals surface area contributed by atoms with Crippen LogP contribution < -0.4 is 5.73 Å². The largest absolute Gasteiger partial charge is 0.507 e. The Morgan fingerprint density at radius 2 is 2.20 bits per heavy atom. The second-order valence-corrected chi connectivity index (χ2v) is 6.57. The molecule has 2 heterocycles. The Kier molecular flexibility index (Phi) is 4.94. The van der Waals surface area contributed by atoms with E-state index in [1.807, 2.05) is 0 Å². The first-order valence-electron chi connectivity index (χ1n) is 8.03. The molecule has 1 aromatic carbocycles. The van der Waals surface area contributed by atoms with Crippen LogP contribution in [0.3, 0.4) is 0 Å². The minimum absolute atomic E-state index is 0.0153. The van der Waals surface area contributed by atoms with Crippen molar-refractivity contribution in [2.75, 3.05) is 13.1 Å². The Balaban J connectivity index is 1.78. The number of nitrogens with two attached hydrogens (primary N) is 1. The summed E-state index contributed by atoms with van der Waals surface area (Å²) >= 11 is 5.82. The quantitative estimate of drug-likeness (QED) is 0.864. The van der Waals surface area contributed by atoms with E-state index < -0.39 is 5.91 Å². The molecule has 3 N–H and O–H groups in total. The number of aromatic hydroxyl groups is 1. The minimum atomic E-state index is -0.436. The lowest BCUT2D eigenvalue weighted by molar-refractivity contribution is -0.118. The number of aromatic nitrogens is 2. The number of amides is 2. The van der Waals surface area contributed by atoms with Gasteiger partial charge in [-0.05, 0) is 31.0 Å². The predicted molar refractivity (Wildman–Crippen MR) is 92.4 cm³/mol. The topological polar surface area (TPSA) is 101 Å². The van der Waals surface area contributed by atoms with Gasteiger partial charge in [0.15, 0.2) is 0 Å². The summed E-state index contributed by atoms with van der Waals surface area (Å²) in [7, 11) is 0.